The first kappa shape index (κ1) is 34.6. The second-order valence-electron chi connectivity index (χ2n) is 11.5. The lowest BCUT2D eigenvalue weighted by Crippen LogP contribution is -2.53. The lowest BCUT2D eigenvalue weighted by molar-refractivity contribution is -0.186. The third-order valence-electron chi connectivity index (χ3n) is 8.19. The standard InChI is InChI=1S/C34H33F4N3O6S/c1-4-28(42)30-26-19-25(23-6-5-7-24(18-23)32(43)39-14-16-40(17-15-39)33(44)34(36,37)38)27(41(13-12-35)48(3,45)46)20-29(26)47-31(30)22-10-8-21(2)9-11-22/h5-11,18-20H,4,12-17H2,1-3H3. The van der Waals surface area contributed by atoms with E-state index in [0.717, 1.165) is 16.1 Å². The third kappa shape index (κ3) is 6.93. The number of fused-ring (bicyclic) bond motifs is 1. The summed E-state index contributed by atoms with van der Waals surface area (Å²) >= 11 is 0. The average Bonchev–Trinajstić information content (AvgIpc) is 3.43. The molecule has 1 saturated heterocycles. The Bertz CT molecular complexity index is 1980. The van der Waals surface area contributed by atoms with Crippen molar-refractivity contribution < 1.29 is 44.8 Å². The number of nitrogens with zero attached hydrogens (tertiary/aromatic N) is 3. The Balaban J connectivity index is 1.63. The fraction of sp³-hybridized carbons (Fsp3) is 0.324. The number of carbonyl (C=O) groups excluding carboxylic acids is 3. The number of amides is 2. The number of anilines is 1. The number of carbonyl (C=O) groups is 3. The second-order valence-corrected chi connectivity index (χ2v) is 13.4. The van der Waals surface area contributed by atoms with Gasteiger partial charge in [0.2, 0.25) is 10.0 Å². The maximum Gasteiger partial charge on any atom is 0.471 e. The van der Waals surface area contributed by atoms with Gasteiger partial charge in [0.1, 0.15) is 18.0 Å². The maximum atomic E-state index is 13.8. The number of aryl methyl sites for hydroxylation is 1. The summed E-state index contributed by atoms with van der Waals surface area (Å²) in [5.74, 6) is -2.40. The maximum absolute atomic E-state index is 13.8. The van der Waals surface area contributed by atoms with Crippen molar-refractivity contribution in [3.05, 3.63) is 77.4 Å². The van der Waals surface area contributed by atoms with Crippen molar-refractivity contribution in [2.45, 2.75) is 26.4 Å². The Labute approximate surface area is 274 Å². The highest BCUT2D eigenvalue weighted by Crippen LogP contribution is 2.42. The minimum atomic E-state index is -5.02. The van der Waals surface area contributed by atoms with Crippen LogP contribution in [0.1, 0.15) is 39.6 Å². The lowest BCUT2D eigenvalue weighted by Gasteiger charge is -2.35. The smallest absolute Gasteiger partial charge is 0.455 e. The van der Waals surface area contributed by atoms with E-state index in [9.17, 15) is 40.4 Å². The molecule has 2 heterocycles. The molecule has 5 rings (SSSR count). The zero-order valence-electron chi connectivity index (χ0n) is 26.4. The fourth-order valence-electron chi connectivity index (χ4n) is 5.77. The highest BCUT2D eigenvalue weighted by atomic mass is 32.2. The van der Waals surface area contributed by atoms with Crippen molar-refractivity contribution in [2.24, 2.45) is 0 Å². The molecule has 0 saturated carbocycles. The summed E-state index contributed by atoms with van der Waals surface area (Å²) in [6, 6.07) is 16.6. The number of piperazine rings is 1. The summed E-state index contributed by atoms with van der Waals surface area (Å²) < 4.78 is 85.5. The van der Waals surface area contributed by atoms with E-state index in [4.69, 9.17) is 4.42 Å². The molecule has 1 aliphatic rings. The number of hydrogen-bond acceptors (Lipinski definition) is 6. The third-order valence-corrected chi connectivity index (χ3v) is 9.37. The van der Waals surface area contributed by atoms with Gasteiger partial charge in [-0.2, -0.15) is 13.2 Å². The fourth-order valence-corrected chi connectivity index (χ4v) is 6.68. The molecule has 0 radical (unpaired) electrons. The molecule has 48 heavy (non-hydrogen) atoms. The number of Topliss-reactive ketones (excluding diaryl/α,β-unsaturated/α-hetero) is 1. The van der Waals surface area contributed by atoms with E-state index >= 15 is 0 Å². The van der Waals surface area contributed by atoms with Gasteiger partial charge in [0.25, 0.3) is 5.91 Å². The Morgan fingerprint density at radius 3 is 2.15 bits per heavy atom. The van der Waals surface area contributed by atoms with E-state index in [1.165, 1.54) is 23.1 Å². The van der Waals surface area contributed by atoms with E-state index in [1.807, 2.05) is 19.1 Å². The number of rotatable bonds is 9. The predicted molar refractivity (Wildman–Crippen MR) is 173 cm³/mol. The molecule has 0 atom stereocenters. The SMILES string of the molecule is CCC(=O)c1c(-c2ccc(C)cc2)oc2cc(N(CCF)S(C)(=O)=O)c(-c3cccc(C(=O)N4CCN(C(=O)C(F)(F)F)CC4)c3)cc12. The van der Waals surface area contributed by atoms with Gasteiger partial charge in [-0.05, 0) is 30.7 Å². The molecule has 2 amide bonds. The van der Waals surface area contributed by atoms with Crippen molar-refractivity contribution in [1.29, 1.82) is 0 Å². The van der Waals surface area contributed by atoms with Gasteiger partial charge < -0.3 is 14.2 Å². The van der Waals surface area contributed by atoms with Gasteiger partial charge in [-0.15, -0.1) is 0 Å². The van der Waals surface area contributed by atoms with Crippen LogP contribution in [0.2, 0.25) is 0 Å². The summed E-state index contributed by atoms with van der Waals surface area (Å²) in [6.07, 6.45) is -3.93. The van der Waals surface area contributed by atoms with Gasteiger partial charge in [0, 0.05) is 60.7 Å². The summed E-state index contributed by atoms with van der Waals surface area (Å²) in [6.45, 7) is 1.26. The van der Waals surface area contributed by atoms with Gasteiger partial charge in [0.15, 0.2) is 5.78 Å². The summed E-state index contributed by atoms with van der Waals surface area (Å²) in [7, 11) is -4.03. The molecular formula is C34H33F4N3O6S. The first-order valence-electron chi connectivity index (χ1n) is 15.1. The number of ketones is 1. The van der Waals surface area contributed by atoms with Gasteiger partial charge in [-0.25, -0.2) is 12.8 Å². The summed E-state index contributed by atoms with van der Waals surface area (Å²) in [5, 5.41) is 0.395. The molecule has 4 aromatic rings. The van der Waals surface area contributed by atoms with Crippen LogP contribution in [0, 0.1) is 6.92 Å². The Morgan fingerprint density at radius 2 is 1.56 bits per heavy atom. The quantitative estimate of drug-likeness (QED) is 0.152. The molecule has 254 valence electrons. The number of halogens is 4. The van der Waals surface area contributed by atoms with Gasteiger partial charge in [-0.1, -0.05) is 48.9 Å². The van der Waals surface area contributed by atoms with Crippen molar-refractivity contribution in [3.63, 3.8) is 0 Å². The highest BCUT2D eigenvalue weighted by molar-refractivity contribution is 7.92. The van der Waals surface area contributed by atoms with Crippen molar-refractivity contribution in [1.82, 2.24) is 9.80 Å². The molecule has 14 heteroatoms. The minimum absolute atomic E-state index is 0.0613. The van der Waals surface area contributed by atoms with Crippen LogP contribution in [0.25, 0.3) is 33.4 Å². The monoisotopic (exact) mass is 687 g/mol. The molecule has 0 bridgehead atoms. The average molecular weight is 688 g/mol. The molecule has 1 aliphatic heterocycles. The summed E-state index contributed by atoms with van der Waals surface area (Å²) in [5.41, 5.74) is 2.97. The van der Waals surface area contributed by atoms with Crippen molar-refractivity contribution >= 4 is 44.3 Å². The van der Waals surface area contributed by atoms with Crippen molar-refractivity contribution in [3.8, 4) is 22.5 Å². The Hall–Kier alpha value is -4.72. The molecule has 0 spiro atoms. The van der Waals surface area contributed by atoms with Gasteiger partial charge in [-0.3, -0.25) is 18.7 Å². The van der Waals surface area contributed by atoms with Crippen LogP contribution in [0.4, 0.5) is 23.2 Å². The zero-order chi connectivity index (χ0) is 35.0. The number of alkyl halides is 4. The van der Waals surface area contributed by atoms with E-state index in [-0.39, 0.29) is 60.8 Å². The van der Waals surface area contributed by atoms with Crippen LogP contribution < -0.4 is 4.31 Å². The number of benzene rings is 3. The van der Waals surface area contributed by atoms with Crippen LogP contribution in [-0.2, 0) is 14.8 Å². The Kier molecular flexibility index (Phi) is 9.67. The Morgan fingerprint density at radius 1 is 0.917 bits per heavy atom. The van der Waals surface area contributed by atoms with E-state index in [1.54, 1.807) is 37.3 Å². The highest BCUT2D eigenvalue weighted by Gasteiger charge is 2.43. The molecule has 9 nitrogen and oxygen atoms in total. The lowest BCUT2D eigenvalue weighted by atomic mass is 9.95. The molecular weight excluding hydrogens is 654 g/mol. The van der Waals surface area contributed by atoms with Crippen LogP contribution >= 0.6 is 0 Å². The van der Waals surface area contributed by atoms with E-state index in [0.29, 0.717) is 32.7 Å². The molecule has 0 N–H and O–H groups in total. The zero-order valence-corrected chi connectivity index (χ0v) is 27.3. The molecule has 0 unspecified atom stereocenters. The molecule has 0 aliphatic carbocycles. The van der Waals surface area contributed by atoms with Crippen molar-refractivity contribution in [2.75, 3.05) is 50.0 Å². The summed E-state index contributed by atoms with van der Waals surface area (Å²) in [4.78, 5) is 40.5. The van der Waals surface area contributed by atoms with Gasteiger partial charge in [0.05, 0.1) is 24.1 Å². The first-order valence-corrected chi connectivity index (χ1v) is 17.0. The number of hydrogen-bond donors (Lipinski definition) is 0. The number of sulfonamides is 1. The first-order chi connectivity index (χ1) is 22.6. The van der Waals surface area contributed by atoms with Gasteiger partial charge >= 0.3 is 12.1 Å². The van der Waals surface area contributed by atoms with Crippen LogP contribution in [-0.4, -0.2) is 87.6 Å². The topological polar surface area (TPSA) is 108 Å². The van der Waals surface area contributed by atoms with Crippen LogP contribution in [0.3, 0.4) is 0 Å². The largest absolute Gasteiger partial charge is 0.471 e. The molecule has 1 aromatic heterocycles. The van der Waals surface area contributed by atoms with E-state index < -0.39 is 41.2 Å². The normalized spacial score (nSPS) is 14.0. The second kappa shape index (κ2) is 13.4. The van der Waals surface area contributed by atoms with E-state index in [2.05, 4.69) is 0 Å². The molecule has 3 aromatic carbocycles. The minimum Gasteiger partial charge on any atom is -0.455 e. The number of furan rings is 1. The van der Waals surface area contributed by atoms with Crippen LogP contribution in [0.15, 0.2) is 65.1 Å². The predicted octanol–water partition coefficient (Wildman–Crippen LogP) is 6.25. The molecule has 1 fully saturated rings. The van der Waals surface area contributed by atoms with Crippen LogP contribution in [0.5, 0.6) is 0 Å².